The van der Waals surface area contributed by atoms with E-state index in [1.807, 2.05) is 21.9 Å². The fourth-order valence-corrected chi connectivity index (χ4v) is 4.05. The molecule has 1 atom stereocenters. The van der Waals surface area contributed by atoms with E-state index in [1.54, 1.807) is 12.4 Å². The van der Waals surface area contributed by atoms with Gasteiger partial charge in [0.05, 0.1) is 5.41 Å². The van der Waals surface area contributed by atoms with E-state index in [2.05, 4.69) is 4.98 Å². The lowest BCUT2D eigenvalue weighted by Crippen LogP contribution is -2.49. The predicted octanol–water partition coefficient (Wildman–Crippen LogP) is 3.24. The Kier molecular flexibility index (Phi) is 5.32. The van der Waals surface area contributed by atoms with E-state index in [4.69, 9.17) is 0 Å². The van der Waals surface area contributed by atoms with Crippen molar-refractivity contribution in [3.63, 3.8) is 0 Å². The topological polar surface area (TPSA) is 36.4 Å². The van der Waals surface area contributed by atoms with Crippen molar-refractivity contribution in [3.8, 4) is 0 Å². The molecule has 1 aromatic rings. The van der Waals surface area contributed by atoms with E-state index in [0.29, 0.717) is 26.2 Å². The Labute approximate surface area is 146 Å². The summed E-state index contributed by atoms with van der Waals surface area (Å²) in [6.07, 6.45) is 1.27. The second-order valence-electron chi connectivity index (χ2n) is 7.22. The Morgan fingerprint density at radius 3 is 2.80 bits per heavy atom. The maximum atomic E-state index is 13.0. The van der Waals surface area contributed by atoms with Crippen LogP contribution in [0.3, 0.4) is 0 Å². The van der Waals surface area contributed by atoms with E-state index in [0.717, 1.165) is 31.4 Å². The molecule has 0 saturated carbocycles. The van der Waals surface area contributed by atoms with Gasteiger partial charge in [0.25, 0.3) is 0 Å². The number of pyridine rings is 1. The first-order valence-corrected chi connectivity index (χ1v) is 8.85. The standard InChI is InChI=1S/C18H24F3N3O/c19-18(20,21)6-3-9-23-11-7-17(14-23)5-2-10-24(16(17)25)13-15-4-1-8-22-12-15/h1,4,8,12H,2-3,5-7,9-11,13-14H2. The van der Waals surface area contributed by atoms with Crippen LogP contribution in [0.15, 0.2) is 24.5 Å². The molecule has 4 nitrogen and oxygen atoms in total. The number of piperidine rings is 1. The molecule has 7 heteroatoms. The highest BCUT2D eigenvalue weighted by atomic mass is 19.4. The highest BCUT2D eigenvalue weighted by Crippen LogP contribution is 2.40. The zero-order valence-electron chi connectivity index (χ0n) is 14.3. The minimum absolute atomic E-state index is 0.104. The number of rotatable bonds is 5. The lowest BCUT2D eigenvalue weighted by molar-refractivity contribution is -0.146. The first-order valence-electron chi connectivity index (χ1n) is 8.85. The molecule has 2 aliphatic rings. The summed E-state index contributed by atoms with van der Waals surface area (Å²) in [5.74, 6) is 0.154. The number of hydrogen-bond donors (Lipinski definition) is 0. The Bertz CT molecular complexity index is 593. The van der Waals surface area contributed by atoms with E-state index >= 15 is 0 Å². The summed E-state index contributed by atoms with van der Waals surface area (Å²) in [7, 11) is 0. The number of halogens is 3. The number of alkyl halides is 3. The molecule has 1 aromatic heterocycles. The predicted molar refractivity (Wildman–Crippen MR) is 87.7 cm³/mol. The number of hydrogen-bond acceptors (Lipinski definition) is 3. The smallest absolute Gasteiger partial charge is 0.338 e. The number of carbonyl (C=O) groups is 1. The van der Waals surface area contributed by atoms with Crippen LogP contribution in [0.1, 0.15) is 37.7 Å². The molecule has 25 heavy (non-hydrogen) atoms. The molecule has 0 N–H and O–H groups in total. The zero-order valence-corrected chi connectivity index (χ0v) is 14.3. The fourth-order valence-electron chi connectivity index (χ4n) is 4.05. The monoisotopic (exact) mass is 355 g/mol. The van der Waals surface area contributed by atoms with Crippen molar-refractivity contribution in [2.45, 2.75) is 44.8 Å². The van der Waals surface area contributed by atoms with Crippen molar-refractivity contribution < 1.29 is 18.0 Å². The van der Waals surface area contributed by atoms with Crippen molar-refractivity contribution in [2.24, 2.45) is 5.41 Å². The molecule has 2 saturated heterocycles. The van der Waals surface area contributed by atoms with Gasteiger partial charge < -0.3 is 9.80 Å². The molecule has 1 amide bonds. The highest BCUT2D eigenvalue weighted by molar-refractivity contribution is 5.84. The molecule has 2 fully saturated rings. The van der Waals surface area contributed by atoms with Gasteiger partial charge in [-0.2, -0.15) is 13.2 Å². The maximum absolute atomic E-state index is 13.0. The molecule has 0 bridgehead atoms. The minimum atomic E-state index is -4.10. The summed E-state index contributed by atoms with van der Waals surface area (Å²) in [5, 5.41) is 0. The van der Waals surface area contributed by atoms with Gasteiger partial charge in [0.15, 0.2) is 0 Å². The lowest BCUT2D eigenvalue weighted by atomic mass is 9.78. The third-order valence-electron chi connectivity index (χ3n) is 5.29. The van der Waals surface area contributed by atoms with Gasteiger partial charge in [-0.25, -0.2) is 0 Å². The first-order chi connectivity index (χ1) is 11.9. The average Bonchev–Trinajstić information content (AvgIpc) is 2.96. The van der Waals surface area contributed by atoms with Gasteiger partial charge in [-0.3, -0.25) is 9.78 Å². The van der Waals surface area contributed by atoms with Gasteiger partial charge in [0.2, 0.25) is 5.91 Å². The van der Waals surface area contributed by atoms with Crippen LogP contribution in [0.5, 0.6) is 0 Å². The van der Waals surface area contributed by atoms with Crippen LogP contribution >= 0.6 is 0 Å². The number of carbonyl (C=O) groups excluding carboxylic acids is 1. The van der Waals surface area contributed by atoms with E-state index in [1.165, 1.54) is 0 Å². The second kappa shape index (κ2) is 7.32. The summed E-state index contributed by atoms with van der Waals surface area (Å²) in [5.41, 5.74) is 0.603. The Balaban J connectivity index is 1.57. The SMILES string of the molecule is O=C1N(Cc2cccnc2)CCCC12CCN(CCCC(F)(F)F)C2. The molecule has 2 aliphatic heterocycles. The van der Waals surface area contributed by atoms with Gasteiger partial charge in [0, 0.05) is 38.4 Å². The van der Waals surface area contributed by atoms with E-state index in [9.17, 15) is 18.0 Å². The van der Waals surface area contributed by atoms with Gasteiger partial charge in [-0.05, 0) is 50.4 Å². The van der Waals surface area contributed by atoms with Gasteiger partial charge in [-0.1, -0.05) is 6.07 Å². The van der Waals surface area contributed by atoms with Crippen LogP contribution < -0.4 is 0 Å². The first kappa shape index (κ1) is 18.2. The molecule has 138 valence electrons. The molecule has 0 aromatic carbocycles. The zero-order chi connectivity index (χ0) is 17.9. The maximum Gasteiger partial charge on any atom is 0.389 e. The van der Waals surface area contributed by atoms with Gasteiger partial charge in [-0.15, -0.1) is 0 Å². The van der Waals surface area contributed by atoms with E-state index in [-0.39, 0.29) is 12.3 Å². The van der Waals surface area contributed by atoms with Crippen molar-refractivity contribution in [3.05, 3.63) is 30.1 Å². The summed E-state index contributed by atoms with van der Waals surface area (Å²) < 4.78 is 36.9. The Morgan fingerprint density at radius 1 is 1.24 bits per heavy atom. The molecular formula is C18H24F3N3O. The number of likely N-dealkylation sites (tertiary alicyclic amines) is 2. The largest absolute Gasteiger partial charge is 0.389 e. The second-order valence-corrected chi connectivity index (χ2v) is 7.22. The molecule has 3 heterocycles. The molecule has 1 unspecified atom stereocenters. The van der Waals surface area contributed by atoms with Crippen molar-refractivity contribution >= 4 is 5.91 Å². The van der Waals surface area contributed by atoms with Crippen LogP contribution in [0.4, 0.5) is 13.2 Å². The number of amides is 1. The molecule has 1 spiro atoms. The molecular weight excluding hydrogens is 331 g/mol. The normalized spacial score (nSPS) is 25.1. The van der Waals surface area contributed by atoms with Crippen LogP contribution in [0.25, 0.3) is 0 Å². The third-order valence-corrected chi connectivity index (χ3v) is 5.29. The average molecular weight is 355 g/mol. The Morgan fingerprint density at radius 2 is 2.08 bits per heavy atom. The van der Waals surface area contributed by atoms with Crippen molar-refractivity contribution in [1.82, 2.24) is 14.8 Å². The van der Waals surface area contributed by atoms with Crippen LogP contribution in [-0.4, -0.2) is 53.0 Å². The fraction of sp³-hybridized carbons (Fsp3) is 0.667. The summed E-state index contributed by atoms with van der Waals surface area (Å²) in [6, 6.07) is 3.82. The summed E-state index contributed by atoms with van der Waals surface area (Å²) in [4.78, 5) is 21.0. The molecule has 3 rings (SSSR count). The lowest BCUT2D eigenvalue weighted by Gasteiger charge is -2.39. The molecule has 0 radical (unpaired) electrons. The van der Waals surface area contributed by atoms with Gasteiger partial charge >= 0.3 is 6.18 Å². The van der Waals surface area contributed by atoms with Crippen LogP contribution in [0, 0.1) is 5.41 Å². The van der Waals surface area contributed by atoms with Crippen molar-refractivity contribution in [1.29, 1.82) is 0 Å². The van der Waals surface area contributed by atoms with Crippen LogP contribution in [0.2, 0.25) is 0 Å². The summed E-state index contributed by atoms with van der Waals surface area (Å²) >= 11 is 0. The minimum Gasteiger partial charge on any atom is -0.338 e. The van der Waals surface area contributed by atoms with Gasteiger partial charge in [0.1, 0.15) is 0 Å². The third kappa shape index (κ3) is 4.51. The number of aromatic nitrogens is 1. The molecule has 0 aliphatic carbocycles. The highest BCUT2D eigenvalue weighted by Gasteiger charge is 2.48. The van der Waals surface area contributed by atoms with E-state index < -0.39 is 18.0 Å². The van der Waals surface area contributed by atoms with Crippen molar-refractivity contribution in [2.75, 3.05) is 26.2 Å². The van der Waals surface area contributed by atoms with Crippen LogP contribution in [-0.2, 0) is 11.3 Å². The quantitative estimate of drug-likeness (QED) is 0.814. The number of nitrogens with zero attached hydrogens (tertiary/aromatic N) is 3. The Hall–Kier alpha value is -1.63. The summed E-state index contributed by atoms with van der Waals surface area (Å²) in [6.45, 7) is 3.01.